The topological polar surface area (TPSA) is 58.1 Å². The smallest absolute Gasteiger partial charge is 0.318 e. The van der Waals surface area contributed by atoms with Crippen LogP contribution in [0.25, 0.3) is 11.4 Å². The van der Waals surface area contributed by atoms with Crippen LogP contribution in [0.1, 0.15) is 31.7 Å². The van der Waals surface area contributed by atoms with E-state index >= 15 is 0 Å². The van der Waals surface area contributed by atoms with Crippen LogP contribution >= 0.6 is 0 Å². The number of hydrogen-bond acceptors (Lipinski definition) is 3. The van der Waals surface area contributed by atoms with Crippen molar-refractivity contribution in [3.63, 3.8) is 0 Å². The van der Waals surface area contributed by atoms with Crippen LogP contribution < -0.4 is 5.32 Å². The summed E-state index contributed by atoms with van der Waals surface area (Å²) >= 11 is 0. The van der Waals surface area contributed by atoms with E-state index in [2.05, 4.69) is 22.2 Å². The summed E-state index contributed by atoms with van der Waals surface area (Å²) in [5.41, 5.74) is 1.25. The van der Waals surface area contributed by atoms with Crippen molar-refractivity contribution >= 4 is 11.7 Å². The zero-order chi connectivity index (χ0) is 18.4. The van der Waals surface area contributed by atoms with Crippen LogP contribution in [0.5, 0.6) is 0 Å². The molecular formula is C19H20F2N4O. The summed E-state index contributed by atoms with van der Waals surface area (Å²) in [5.74, 6) is -0.142. The normalized spacial score (nSPS) is 24.2. The summed E-state index contributed by atoms with van der Waals surface area (Å²) < 4.78 is 27.4. The zero-order valence-electron chi connectivity index (χ0n) is 14.7. The molecule has 0 saturated carbocycles. The summed E-state index contributed by atoms with van der Waals surface area (Å²) in [4.78, 5) is 22.3. The highest BCUT2D eigenvalue weighted by molar-refractivity contribution is 5.91. The van der Waals surface area contributed by atoms with Crippen molar-refractivity contribution < 1.29 is 13.6 Å². The molecule has 4 rings (SSSR count). The first kappa shape index (κ1) is 16.9. The van der Waals surface area contributed by atoms with Crippen molar-refractivity contribution in [3.05, 3.63) is 41.7 Å². The Hall–Kier alpha value is -2.57. The van der Waals surface area contributed by atoms with E-state index in [4.69, 9.17) is 0 Å². The van der Waals surface area contributed by atoms with E-state index in [1.165, 1.54) is 12.1 Å². The highest BCUT2D eigenvalue weighted by Gasteiger charge is 2.46. The van der Waals surface area contributed by atoms with Gasteiger partial charge in [0.25, 0.3) is 0 Å². The number of aromatic nitrogens is 2. The summed E-state index contributed by atoms with van der Waals surface area (Å²) in [6.45, 7) is 3.92. The number of piperidine rings is 1. The van der Waals surface area contributed by atoms with E-state index in [1.54, 1.807) is 6.92 Å². The molecule has 1 aromatic heterocycles. The number of carbonyl (C=O) groups excluding carboxylic acids is 1. The molecular weight excluding hydrogens is 338 g/mol. The van der Waals surface area contributed by atoms with Gasteiger partial charge in [-0.15, -0.1) is 0 Å². The first-order chi connectivity index (χ1) is 12.4. The molecule has 1 N–H and O–H groups in total. The Labute approximate surface area is 150 Å². The van der Waals surface area contributed by atoms with Crippen molar-refractivity contribution in [1.82, 2.24) is 14.9 Å². The van der Waals surface area contributed by atoms with Gasteiger partial charge in [0.15, 0.2) is 11.6 Å². The quantitative estimate of drug-likeness (QED) is 0.878. The van der Waals surface area contributed by atoms with Crippen LogP contribution in [0.2, 0.25) is 0 Å². The summed E-state index contributed by atoms with van der Waals surface area (Å²) in [5, 5.41) is 2.69. The van der Waals surface area contributed by atoms with Gasteiger partial charge in [-0.3, -0.25) is 0 Å². The third kappa shape index (κ3) is 2.91. The van der Waals surface area contributed by atoms with E-state index in [0.717, 1.165) is 31.7 Å². The van der Waals surface area contributed by atoms with Crippen molar-refractivity contribution in [1.29, 1.82) is 0 Å². The zero-order valence-corrected chi connectivity index (χ0v) is 14.7. The molecule has 136 valence electrons. The predicted molar refractivity (Wildman–Crippen MR) is 93.6 cm³/mol. The largest absolute Gasteiger partial charge is 0.322 e. The minimum Gasteiger partial charge on any atom is -0.318 e. The molecule has 7 heteroatoms. The maximum absolute atomic E-state index is 14.4. The maximum atomic E-state index is 14.4. The molecule has 1 aromatic carbocycles. The molecule has 0 radical (unpaired) electrons. The molecule has 26 heavy (non-hydrogen) atoms. The summed E-state index contributed by atoms with van der Waals surface area (Å²) in [6, 6.07) is 3.06. The highest BCUT2D eigenvalue weighted by atomic mass is 19.1. The van der Waals surface area contributed by atoms with E-state index in [9.17, 15) is 13.6 Å². The van der Waals surface area contributed by atoms with Crippen LogP contribution in [-0.2, 0) is 0 Å². The van der Waals surface area contributed by atoms with Crippen LogP contribution in [0.4, 0.5) is 19.3 Å². The fourth-order valence-corrected chi connectivity index (χ4v) is 4.12. The van der Waals surface area contributed by atoms with Crippen LogP contribution in [0, 0.1) is 24.5 Å². The Bertz CT molecular complexity index is 843. The average Bonchev–Trinajstić information content (AvgIpc) is 2.58. The van der Waals surface area contributed by atoms with Crippen molar-refractivity contribution in [2.24, 2.45) is 5.92 Å². The molecule has 2 amide bonds. The van der Waals surface area contributed by atoms with Crippen LogP contribution in [0.15, 0.2) is 24.5 Å². The number of rotatable bonds is 2. The molecule has 2 fully saturated rings. The third-order valence-corrected chi connectivity index (χ3v) is 5.33. The van der Waals surface area contributed by atoms with Crippen LogP contribution in [0.3, 0.4) is 0 Å². The summed E-state index contributed by atoms with van der Waals surface area (Å²) in [7, 11) is 0. The van der Waals surface area contributed by atoms with Crippen molar-refractivity contribution in [3.8, 4) is 11.4 Å². The number of halogens is 2. The second-order valence-electron chi connectivity index (χ2n) is 7.33. The second-order valence-corrected chi connectivity index (χ2v) is 7.33. The van der Waals surface area contributed by atoms with E-state index in [-0.39, 0.29) is 29.6 Å². The Kier molecular flexibility index (Phi) is 4.09. The van der Waals surface area contributed by atoms with Crippen molar-refractivity contribution in [2.45, 2.75) is 45.2 Å². The minimum atomic E-state index is -0.541. The Balaban J connectivity index is 1.58. The van der Waals surface area contributed by atoms with Gasteiger partial charge in [-0.05, 0) is 49.8 Å². The fourth-order valence-electron chi connectivity index (χ4n) is 4.12. The molecule has 2 aliphatic heterocycles. The van der Waals surface area contributed by atoms with Crippen molar-refractivity contribution in [2.75, 3.05) is 5.32 Å². The number of urea groups is 1. The highest BCUT2D eigenvalue weighted by Crippen LogP contribution is 2.41. The minimum absolute atomic E-state index is 0.0848. The van der Waals surface area contributed by atoms with E-state index in [1.807, 2.05) is 4.90 Å². The summed E-state index contributed by atoms with van der Waals surface area (Å²) in [6.07, 6.45) is 5.14. The third-order valence-electron chi connectivity index (χ3n) is 5.33. The average molecular weight is 358 g/mol. The number of aryl methyl sites for hydroxylation is 1. The number of fused-ring (bicyclic) bond motifs is 2. The number of nitrogens with zero attached hydrogens (tertiary/aromatic N) is 3. The Morgan fingerprint density at radius 2 is 1.81 bits per heavy atom. The second kappa shape index (κ2) is 6.30. The number of carbonyl (C=O) groups is 1. The predicted octanol–water partition coefficient (Wildman–Crippen LogP) is 4.13. The number of nitrogens with one attached hydrogen (secondary N) is 1. The lowest BCUT2D eigenvalue weighted by atomic mass is 9.74. The molecule has 5 nitrogen and oxygen atoms in total. The number of hydrogen-bond donors (Lipinski definition) is 1. The standard InChI is InChI=1S/C19H20F2N4O/c1-10-3-13-6-14(4-10)25(13)19(26)24-17-7-15(11(2)5-16(17)21)18-22-8-12(20)9-23-18/h5,7-10,13-14H,3-4,6H2,1-2H3,(H,24,26). The van der Waals surface area contributed by atoms with Gasteiger partial charge < -0.3 is 10.2 Å². The molecule has 0 spiro atoms. The lowest BCUT2D eigenvalue weighted by Crippen LogP contribution is -2.63. The van der Waals surface area contributed by atoms with Gasteiger partial charge in [-0.2, -0.15) is 0 Å². The van der Waals surface area contributed by atoms with Gasteiger partial charge in [0, 0.05) is 17.6 Å². The van der Waals surface area contributed by atoms with E-state index in [0.29, 0.717) is 17.0 Å². The molecule has 2 aromatic rings. The maximum Gasteiger partial charge on any atom is 0.322 e. The SMILES string of the molecule is Cc1cc(F)c(NC(=O)N2C3CC(C)CC2C3)cc1-c1ncc(F)cn1. The lowest BCUT2D eigenvalue weighted by Gasteiger charge is -2.54. The Morgan fingerprint density at radius 1 is 1.15 bits per heavy atom. The Morgan fingerprint density at radius 3 is 2.46 bits per heavy atom. The van der Waals surface area contributed by atoms with E-state index < -0.39 is 11.6 Å². The van der Waals surface area contributed by atoms with Gasteiger partial charge in [0.1, 0.15) is 5.82 Å². The first-order valence-corrected chi connectivity index (χ1v) is 8.79. The first-order valence-electron chi connectivity index (χ1n) is 8.79. The molecule has 0 aliphatic carbocycles. The van der Waals surface area contributed by atoms with Gasteiger partial charge in [0.2, 0.25) is 0 Å². The molecule has 2 saturated heterocycles. The number of anilines is 1. The van der Waals surface area contributed by atoms with Gasteiger partial charge in [0.05, 0.1) is 18.1 Å². The molecule has 2 bridgehead atoms. The lowest BCUT2D eigenvalue weighted by molar-refractivity contribution is -0.00603. The molecule has 2 atom stereocenters. The van der Waals surface area contributed by atoms with Gasteiger partial charge >= 0.3 is 6.03 Å². The van der Waals surface area contributed by atoms with Crippen LogP contribution in [-0.4, -0.2) is 33.0 Å². The number of amides is 2. The van der Waals surface area contributed by atoms with Gasteiger partial charge in [-0.25, -0.2) is 23.5 Å². The fraction of sp³-hybridized carbons (Fsp3) is 0.421. The number of benzene rings is 1. The molecule has 2 unspecified atom stereocenters. The molecule has 3 heterocycles. The molecule has 2 aliphatic rings. The van der Waals surface area contributed by atoms with Gasteiger partial charge in [-0.1, -0.05) is 6.92 Å². The monoisotopic (exact) mass is 358 g/mol.